The summed E-state index contributed by atoms with van der Waals surface area (Å²) >= 11 is 12.1. The lowest BCUT2D eigenvalue weighted by molar-refractivity contribution is 0.411. The minimum atomic E-state index is -0.0428. The van der Waals surface area contributed by atoms with Crippen LogP contribution in [0.25, 0.3) is 0 Å². The molecule has 1 unspecified atom stereocenters. The fourth-order valence-electron chi connectivity index (χ4n) is 1.97. The Kier molecular flexibility index (Phi) is 4.64. The van der Waals surface area contributed by atoms with E-state index in [1.165, 1.54) is 0 Å². The van der Waals surface area contributed by atoms with Crippen molar-refractivity contribution in [2.75, 3.05) is 14.2 Å². The van der Waals surface area contributed by atoms with Crippen LogP contribution in [0.3, 0.4) is 0 Å². The lowest BCUT2D eigenvalue weighted by Gasteiger charge is -2.18. The van der Waals surface area contributed by atoms with Gasteiger partial charge in [0.1, 0.15) is 5.75 Å². The molecule has 0 aliphatic heterocycles. The average molecular weight is 297 g/mol. The first-order chi connectivity index (χ1) is 9.13. The van der Waals surface area contributed by atoms with E-state index in [4.69, 9.17) is 27.9 Å². The second-order valence-corrected chi connectivity index (χ2v) is 4.96. The average Bonchev–Trinajstić information content (AvgIpc) is 2.39. The zero-order valence-corrected chi connectivity index (χ0v) is 12.2. The molecule has 0 aliphatic rings. The van der Waals surface area contributed by atoms with Gasteiger partial charge < -0.3 is 10.1 Å². The molecule has 1 aromatic carbocycles. The molecular formula is C14H14Cl2N2O. The van der Waals surface area contributed by atoms with Crippen LogP contribution in [-0.2, 0) is 0 Å². The Morgan fingerprint density at radius 2 is 1.74 bits per heavy atom. The van der Waals surface area contributed by atoms with Gasteiger partial charge in [0, 0.05) is 16.2 Å². The van der Waals surface area contributed by atoms with Crippen LogP contribution in [0.5, 0.6) is 5.75 Å². The summed E-state index contributed by atoms with van der Waals surface area (Å²) in [6.07, 6.45) is 3.46. The predicted octanol–water partition coefficient (Wildman–Crippen LogP) is 3.71. The number of ether oxygens (including phenoxy) is 1. The van der Waals surface area contributed by atoms with E-state index >= 15 is 0 Å². The lowest BCUT2D eigenvalue weighted by Crippen LogP contribution is -2.18. The van der Waals surface area contributed by atoms with Gasteiger partial charge in [0.25, 0.3) is 0 Å². The number of benzene rings is 1. The second-order valence-electron chi connectivity index (χ2n) is 4.08. The van der Waals surface area contributed by atoms with Crippen LogP contribution in [0.4, 0.5) is 0 Å². The minimum absolute atomic E-state index is 0.0428. The van der Waals surface area contributed by atoms with E-state index in [9.17, 15) is 0 Å². The van der Waals surface area contributed by atoms with Crippen molar-refractivity contribution in [1.29, 1.82) is 0 Å². The van der Waals surface area contributed by atoms with Gasteiger partial charge in [-0.1, -0.05) is 23.2 Å². The van der Waals surface area contributed by atoms with Gasteiger partial charge in [-0.2, -0.15) is 0 Å². The van der Waals surface area contributed by atoms with Gasteiger partial charge in [-0.05, 0) is 42.4 Å². The molecule has 5 heteroatoms. The number of hydrogen-bond donors (Lipinski definition) is 1. The molecule has 100 valence electrons. The summed E-state index contributed by atoms with van der Waals surface area (Å²) in [5, 5.41) is 4.45. The van der Waals surface area contributed by atoms with Crippen LogP contribution in [0.2, 0.25) is 10.0 Å². The smallest absolute Gasteiger partial charge is 0.137 e. The molecule has 2 rings (SSSR count). The molecule has 1 aromatic heterocycles. The Hall–Kier alpha value is -1.29. The summed E-state index contributed by atoms with van der Waals surface area (Å²) < 4.78 is 5.19. The molecular weight excluding hydrogens is 283 g/mol. The van der Waals surface area contributed by atoms with Crippen molar-refractivity contribution in [1.82, 2.24) is 10.3 Å². The van der Waals surface area contributed by atoms with Crippen molar-refractivity contribution >= 4 is 23.2 Å². The third kappa shape index (κ3) is 3.38. The number of aromatic nitrogens is 1. The highest BCUT2D eigenvalue weighted by atomic mass is 35.5. The number of nitrogens with one attached hydrogen (secondary N) is 1. The molecule has 3 nitrogen and oxygen atoms in total. The molecule has 19 heavy (non-hydrogen) atoms. The summed E-state index contributed by atoms with van der Waals surface area (Å²) in [5.74, 6) is 0.714. The Morgan fingerprint density at radius 3 is 2.32 bits per heavy atom. The van der Waals surface area contributed by atoms with E-state index in [0.717, 1.165) is 11.1 Å². The Balaban J connectivity index is 2.43. The monoisotopic (exact) mass is 296 g/mol. The largest absolute Gasteiger partial charge is 0.495 e. The molecule has 0 amide bonds. The van der Waals surface area contributed by atoms with Crippen LogP contribution in [0.15, 0.2) is 36.7 Å². The summed E-state index contributed by atoms with van der Waals surface area (Å²) in [6, 6.07) is 7.37. The van der Waals surface area contributed by atoms with Crippen molar-refractivity contribution in [3.8, 4) is 5.75 Å². The molecule has 0 radical (unpaired) electrons. The first-order valence-electron chi connectivity index (χ1n) is 5.76. The fraction of sp³-hybridized carbons (Fsp3) is 0.214. The summed E-state index contributed by atoms with van der Waals surface area (Å²) in [6.45, 7) is 0. The van der Waals surface area contributed by atoms with Crippen LogP contribution >= 0.6 is 23.2 Å². The zero-order chi connectivity index (χ0) is 13.8. The zero-order valence-electron chi connectivity index (χ0n) is 10.7. The number of hydrogen-bond acceptors (Lipinski definition) is 3. The van der Waals surface area contributed by atoms with E-state index in [0.29, 0.717) is 15.8 Å². The van der Waals surface area contributed by atoms with Crippen molar-refractivity contribution < 1.29 is 4.74 Å². The summed E-state index contributed by atoms with van der Waals surface area (Å²) in [4.78, 5) is 4.16. The van der Waals surface area contributed by atoms with E-state index in [1.807, 2.05) is 25.2 Å². The van der Waals surface area contributed by atoms with E-state index in [2.05, 4.69) is 10.3 Å². The number of nitrogens with zero attached hydrogens (tertiary/aromatic N) is 1. The summed E-state index contributed by atoms with van der Waals surface area (Å²) in [7, 11) is 3.49. The van der Waals surface area contributed by atoms with Gasteiger partial charge in [-0.3, -0.25) is 4.98 Å². The SMILES string of the molecule is CNC(c1cc(Cl)cc(Cl)c1)c1cncc(OC)c1. The molecule has 0 bridgehead atoms. The van der Waals surface area contributed by atoms with Crippen LogP contribution < -0.4 is 10.1 Å². The van der Waals surface area contributed by atoms with Crippen molar-refractivity contribution in [2.45, 2.75) is 6.04 Å². The number of rotatable bonds is 4. The molecule has 0 fully saturated rings. The normalized spacial score (nSPS) is 12.2. The van der Waals surface area contributed by atoms with Gasteiger partial charge in [0.2, 0.25) is 0 Å². The molecule has 2 aromatic rings. The predicted molar refractivity (Wildman–Crippen MR) is 78.2 cm³/mol. The van der Waals surface area contributed by atoms with E-state index in [-0.39, 0.29) is 6.04 Å². The van der Waals surface area contributed by atoms with Crippen molar-refractivity contribution in [3.05, 3.63) is 57.8 Å². The topological polar surface area (TPSA) is 34.2 Å². The third-order valence-electron chi connectivity index (χ3n) is 2.81. The fourth-order valence-corrected chi connectivity index (χ4v) is 2.52. The molecule has 0 saturated carbocycles. The summed E-state index contributed by atoms with van der Waals surface area (Å²) in [5.41, 5.74) is 1.97. The van der Waals surface area contributed by atoms with Crippen LogP contribution in [0, 0.1) is 0 Å². The molecule has 0 saturated heterocycles. The second kappa shape index (κ2) is 6.24. The molecule has 0 aliphatic carbocycles. The van der Waals surface area contributed by atoms with Gasteiger partial charge in [-0.25, -0.2) is 0 Å². The van der Waals surface area contributed by atoms with Crippen molar-refractivity contribution in [2.24, 2.45) is 0 Å². The number of pyridine rings is 1. The molecule has 1 heterocycles. The third-order valence-corrected chi connectivity index (χ3v) is 3.25. The molecule has 1 N–H and O–H groups in total. The number of halogens is 2. The maximum atomic E-state index is 6.04. The highest BCUT2D eigenvalue weighted by Crippen LogP contribution is 2.28. The molecule has 1 atom stereocenters. The Morgan fingerprint density at radius 1 is 1.05 bits per heavy atom. The van der Waals surface area contributed by atoms with Gasteiger partial charge >= 0.3 is 0 Å². The van der Waals surface area contributed by atoms with Crippen LogP contribution in [-0.4, -0.2) is 19.1 Å². The van der Waals surface area contributed by atoms with Gasteiger partial charge in [0.15, 0.2) is 0 Å². The first-order valence-corrected chi connectivity index (χ1v) is 6.52. The molecule has 0 spiro atoms. The minimum Gasteiger partial charge on any atom is -0.495 e. The first kappa shape index (κ1) is 14.1. The maximum absolute atomic E-state index is 6.04. The maximum Gasteiger partial charge on any atom is 0.137 e. The van der Waals surface area contributed by atoms with E-state index in [1.54, 1.807) is 25.6 Å². The highest BCUT2D eigenvalue weighted by molar-refractivity contribution is 6.34. The quantitative estimate of drug-likeness (QED) is 0.934. The highest BCUT2D eigenvalue weighted by Gasteiger charge is 2.14. The van der Waals surface area contributed by atoms with Crippen LogP contribution in [0.1, 0.15) is 17.2 Å². The Bertz CT molecular complexity index is 555. The standard InChI is InChI=1S/C14H14Cl2N2O/c1-17-14(9-3-11(15)6-12(16)4-9)10-5-13(19-2)8-18-7-10/h3-8,14,17H,1-2H3. The number of methoxy groups -OCH3 is 1. The van der Waals surface area contributed by atoms with Gasteiger partial charge in [0.05, 0.1) is 19.3 Å². The van der Waals surface area contributed by atoms with Gasteiger partial charge in [-0.15, -0.1) is 0 Å². The lowest BCUT2D eigenvalue weighted by atomic mass is 10.0. The van der Waals surface area contributed by atoms with Crippen molar-refractivity contribution in [3.63, 3.8) is 0 Å². The Labute approximate surface area is 122 Å². The van der Waals surface area contributed by atoms with E-state index < -0.39 is 0 Å².